The lowest BCUT2D eigenvalue weighted by molar-refractivity contribution is 0.423. The van der Waals surface area contributed by atoms with Crippen LogP contribution in [0.3, 0.4) is 0 Å². The van der Waals surface area contributed by atoms with Crippen molar-refractivity contribution < 1.29 is 8.42 Å². The fraction of sp³-hybridized carbons (Fsp3) is 0.750. The standard InChI is InChI=1S/C16H26N4O2S/c1-4-5-8-23(21,22)20-9-13(12-6-7-12)14(10-20)16-17-15(11(2)3)18-19-16/h4,11-14H,1,5-10H2,2-3H3,(H,17,18,19)/t13-,14+/m1/s1. The lowest BCUT2D eigenvalue weighted by atomic mass is 9.91. The first-order valence-corrected chi connectivity index (χ1v) is 10.0. The summed E-state index contributed by atoms with van der Waals surface area (Å²) in [4.78, 5) is 4.63. The van der Waals surface area contributed by atoms with E-state index in [0.29, 0.717) is 31.3 Å². The third kappa shape index (κ3) is 3.50. The van der Waals surface area contributed by atoms with Crippen LogP contribution in [-0.2, 0) is 10.0 Å². The molecule has 1 aromatic rings. The monoisotopic (exact) mass is 338 g/mol. The van der Waals surface area contributed by atoms with Crippen molar-refractivity contribution in [3.8, 4) is 0 Å². The number of nitrogens with zero attached hydrogens (tertiary/aromatic N) is 3. The molecule has 2 heterocycles. The van der Waals surface area contributed by atoms with Gasteiger partial charge in [-0.1, -0.05) is 19.9 Å². The molecule has 0 unspecified atom stereocenters. The fourth-order valence-electron chi connectivity index (χ4n) is 3.38. The number of H-pyrrole nitrogens is 1. The summed E-state index contributed by atoms with van der Waals surface area (Å²) in [6.45, 7) is 8.88. The van der Waals surface area contributed by atoms with Crippen LogP contribution in [0, 0.1) is 11.8 Å². The van der Waals surface area contributed by atoms with E-state index in [4.69, 9.17) is 0 Å². The second-order valence-electron chi connectivity index (χ2n) is 7.05. The molecule has 2 atom stereocenters. The van der Waals surface area contributed by atoms with Crippen LogP contribution in [0.1, 0.15) is 56.6 Å². The maximum atomic E-state index is 12.5. The van der Waals surface area contributed by atoms with E-state index in [1.807, 2.05) is 0 Å². The van der Waals surface area contributed by atoms with Gasteiger partial charge in [-0.25, -0.2) is 17.7 Å². The van der Waals surface area contributed by atoms with Crippen molar-refractivity contribution in [1.29, 1.82) is 0 Å². The Hall–Kier alpha value is -1.21. The van der Waals surface area contributed by atoms with E-state index in [1.165, 1.54) is 12.8 Å². The van der Waals surface area contributed by atoms with Crippen molar-refractivity contribution in [2.24, 2.45) is 11.8 Å². The third-order valence-corrected chi connectivity index (χ3v) is 6.76. The van der Waals surface area contributed by atoms with Gasteiger partial charge in [0, 0.05) is 24.9 Å². The van der Waals surface area contributed by atoms with Crippen LogP contribution in [0.2, 0.25) is 0 Å². The minimum atomic E-state index is -3.21. The number of hydrogen-bond donors (Lipinski definition) is 1. The van der Waals surface area contributed by atoms with Crippen molar-refractivity contribution >= 4 is 10.0 Å². The molecule has 6 nitrogen and oxygen atoms in total. The van der Waals surface area contributed by atoms with Crippen LogP contribution < -0.4 is 0 Å². The van der Waals surface area contributed by atoms with Crippen molar-refractivity contribution in [1.82, 2.24) is 19.5 Å². The minimum absolute atomic E-state index is 0.140. The molecule has 3 rings (SSSR count). The number of aromatic nitrogens is 3. The Balaban J connectivity index is 1.80. The number of allylic oxidation sites excluding steroid dienone is 1. The fourth-order valence-corrected chi connectivity index (χ4v) is 4.89. The number of aromatic amines is 1. The lowest BCUT2D eigenvalue weighted by Gasteiger charge is -2.15. The van der Waals surface area contributed by atoms with Crippen molar-refractivity contribution in [3.63, 3.8) is 0 Å². The summed E-state index contributed by atoms with van der Waals surface area (Å²) in [6, 6.07) is 0. The maximum Gasteiger partial charge on any atom is 0.214 e. The second kappa shape index (κ2) is 6.36. The summed E-state index contributed by atoms with van der Waals surface area (Å²) in [5.74, 6) is 3.21. The molecule has 23 heavy (non-hydrogen) atoms. The molecule has 1 aliphatic carbocycles. The highest BCUT2D eigenvalue weighted by Crippen LogP contribution is 2.47. The molecule has 1 N–H and O–H groups in total. The molecule has 0 spiro atoms. The van der Waals surface area contributed by atoms with Gasteiger partial charge in [0.15, 0.2) is 5.82 Å². The average molecular weight is 338 g/mol. The number of rotatable bonds is 7. The molecule has 128 valence electrons. The Morgan fingerprint density at radius 1 is 1.39 bits per heavy atom. The molecule has 2 fully saturated rings. The van der Waals surface area contributed by atoms with Crippen LogP contribution in [0.15, 0.2) is 12.7 Å². The number of nitrogens with one attached hydrogen (secondary N) is 1. The average Bonchev–Trinajstić information content (AvgIpc) is 3.05. The van der Waals surface area contributed by atoms with E-state index < -0.39 is 10.0 Å². The topological polar surface area (TPSA) is 79.0 Å². The first kappa shape index (κ1) is 16.6. The van der Waals surface area contributed by atoms with E-state index in [2.05, 4.69) is 35.6 Å². The Morgan fingerprint density at radius 3 is 2.70 bits per heavy atom. The quantitative estimate of drug-likeness (QED) is 0.774. The molecule has 1 saturated heterocycles. The Bertz CT molecular complexity index is 663. The van der Waals surface area contributed by atoms with Crippen LogP contribution in [-0.4, -0.2) is 46.7 Å². The van der Waals surface area contributed by atoms with Gasteiger partial charge in [0.25, 0.3) is 0 Å². The van der Waals surface area contributed by atoms with Gasteiger partial charge < -0.3 is 0 Å². The van der Waals surface area contributed by atoms with Crippen LogP contribution in [0.4, 0.5) is 0 Å². The van der Waals surface area contributed by atoms with Crippen LogP contribution in [0.25, 0.3) is 0 Å². The molecule has 0 bridgehead atoms. The Labute approximate surface area is 138 Å². The van der Waals surface area contributed by atoms with E-state index in [0.717, 1.165) is 11.6 Å². The third-order valence-electron chi connectivity index (χ3n) is 4.92. The highest BCUT2D eigenvalue weighted by Gasteiger charge is 2.47. The zero-order valence-corrected chi connectivity index (χ0v) is 14.7. The molecular formula is C16H26N4O2S. The normalized spacial score (nSPS) is 26.0. The maximum absolute atomic E-state index is 12.5. The van der Waals surface area contributed by atoms with Crippen LogP contribution in [0.5, 0.6) is 0 Å². The highest BCUT2D eigenvalue weighted by atomic mass is 32.2. The molecule has 0 amide bonds. The predicted octanol–water partition coefficient (Wildman–Crippen LogP) is 2.26. The molecule has 0 radical (unpaired) electrons. The van der Waals surface area contributed by atoms with Gasteiger partial charge in [-0.3, -0.25) is 5.10 Å². The number of sulfonamides is 1. The summed E-state index contributed by atoms with van der Waals surface area (Å²) in [6.07, 6.45) is 4.56. The SMILES string of the molecule is C=CCCS(=O)(=O)N1C[C@H](c2nc(C(C)C)n[nH]2)[C@@H](C2CC2)C1. The van der Waals surface area contributed by atoms with E-state index in [1.54, 1.807) is 10.4 Å². The second-order valence-corrected chi connectivity index (χ2v) is 9.14. The van der Waals surface area contributed by atoms with E-state index >= 15 is 0 Å². The largest absolute Gasteiger partial charge is 0.263 e. The molecule has 7 heteroatoms. The van der Waals surface area contributed by atoms with Gasteiger partial charge in [0.1, 0.15) is 5.82 Å². The Morgan fingerprint density at radius 2 is 2.13 bits per heavy atom. The van der Waals surface area contributed by atoms with Gasteiger partial charge in [-0.15, -0.1) is 6.58 Å². The molecular weight excluding hydrogens is 312 g/mol. The molecule has 0 aromatic carbocycles. The predicted molar refractivity (Wildman–Crippen MR) is 89.6 cm³/mol. The van der Waals surface area contributed by atoms with Gasteiger partial charge >= 0.3 is 0 Å². The molecule has 1 aliphatic heterocycles. The zero-order chi connectivity index (χ0) is 16.6. The minimum Gasteiger partial charge on any atom is -0.263 e. The summed E-state index contributed by atoms with van der Waals surface area (Å²) in [5, 5.41) is 7.35. The summed E-state index contributed by atoms with van der Waals surface area (Å²) < 4.78 is 26.7. The first-order chi connectivity index (χ1) is 10.9. The van der Waals surface area contributed by atoms with Crippen molar-refractivity contribution in [3.05, 3.63) is 24.3 Å². The summed E-state index contributed by atoms with van der Waals surface area (Å²) in [7, 11) is -3.21. The van der Waals surface area contributed by atoms with Crippen molar-refractivity contribution in [2.75, 3.05) is 18.8 Å². The summed E-state index contributed by atoms with van der Waals surface area (Å²) >= 11 is 0. The van der Waals surface area contributed by atoms with Gasteiger partial charge in [0.05, 0.1) is 5.75 Å². The smallest absolute Gasteiger partial charge is 0.214 e. The van der Waals surface area contributed by atoms with Crippen LogP contribution >= 0.6 is 0 Å². The Kier molecular flexibility index (Phi) is 4.60. The highest BCUT2D eigenvalue weighted by molar-refractivity contribution is 7.89. The van der Waals surface area contributed by atoms with Crippen molar-refractivity contribution in [2.45, 2.75) is 44.9 Å². The van der Waals surface area contributed by atoms with E-state index in [-0.39, 0.29) is 17.6 Å². The molecule has 1 aromatic heterocycles. The lowest BCUT2D eigenvalue weighted by Crippen LogP contribution is -2.31. The van der Waals surface area contributed by atoms with Gasteiger partial charge in [0.2, 0.25) is 10.0 Å². The molecule has 2 aliphatic rings. The molecule has 1 saturated carbocycles. The first-order valence-electron chi connectivity index (χ1n) is 8.43. The summed E-state index contributed by atoms with van der Waals surface area (Å²) in [5.41, 5.74) is 0. The van der Waals surface area contributed by atoms with Gasteiger partial charge in [-0.05, 0) is 31.1 Å². The van der Waals surface area contributed by atoms with Gasteiger partial charge in [-0.2, -0.15) is 5.10 Å². The zero-order valence-electron chi connectivity index (χ0n) is 13.9. The van der Waals surface area contributed by atoms with E-state index in [9.17, 15) is 8.42 Å². The number of hydrogen-bond acceptors (Lipinski definition) is 4.